The van der Waals surface area contributed by atoms with Crippen LogP contribution in [0.15, 0.2) is 0 Å². The summed E-state index contributed by atoms with van der Waals surface area (Å²) in [6.45, 7) is 0. The van der Waals surface area contributed by atoms with Gasteiger partial charge in [0.05, 0.1) is 0 Å². The molecule has 0 unspecified atom stereocenters. The van der Waals surface area contributed by atoms with Gasteiger partial charge in [-0.1, -0.05) is 0 Å². The number of hydrogen-bond donors (Lipinski definition) is 0. The average Bonchev–Trinajstić information content (AvgIpc) is 1.00. The van der Waals surface area contributed by atoms with Crippen molar-refractivity contribution < 1.29 is 72.4 Å². The van der Waals surface area contributed by atoms with Crippen LogP contribution in [0.3, 0.4) is 0 Å². The van der Waals surface area contributed by atoms with Gasteiger partial charge < -0.3 is 0 Å². The van der Waals surface area contributed by atoms with Crippen LogP contribution in [0.5, 0.6) is 0 Å². The summed E-state index contributed by atoms with van der Waals surface area (Å²) in [5.41, 5.74) is 0. The van der Waals surface area contributed by atoms with E-state index in [9.17, 15) is 0 Å². The van der Waals surface area contributed by atoms with Crippen molar-refractivity contribution in [2.45, 2.75) is 0 Å². The second-order valence-corrected chi connectivity index (χ2v) is 0. The van der Waals surface area contributed by atoms with Crippen LogP contribution >= 0.6 is 0 Å². The van der Waals surface area contributed by atoms with E-state index in [0.717, 1.165) is 0 Å². The first-order chi connectivity index (χ1) is 1.00. The van der Waals surface area contributed by atoms with Gasteiger partial charge in [0.25, 0.3) is 0 Å². The molecule has 0 bridgehead atoms. The van der Waals surface area contributed by atoms with Gasteiger partial charge in [-0.3, -0.25) is 0 Å². The molecule has 0 aliphatic rings. The molecule has 0 atom stereocenters. The summed E-state index contributed by atoms with van der Waals surface area (Å²) in [5, 5.41) is 0. The maximum absolute atomic E-state index is 7.81. The predicted molar refractivity (Wildman–Crippen MR) is 9.23 cm³/mol. The van der Waals surface area contributed by atoms with Gasteiger partial charge in [0.2, 0.25) is 0 Å². The van der Waals surface area contributed by atoms with Crippen molar-refractivity contribution in [1.82, 2.24) is 0 Å². The molecule has 0 aromatic carbocycles. The van der Waals surface area contributed by atoms with Crippen molar-refractivity contribution in [2.75, 3.05) is 0 Å². The SMILES string of the molecule is [La].[Mn].[O]=[Cu].[SrH2]. The van der Waals surface area contributed by atoms with E-state index in [2.05, 4.69) is 15.9 Å². The minimum atomic E-state index is 0. The van der Waals surface area contributed by atoms with E-state index >= 15 is 0 Å². The predicted octanol–water partition coefficient (Wildman–Crippen LogP) is -1.04. The number of rotatable bonds is 0. The van der Waals surface area contributed by atoms with E-state index in [0.29, 0.717) is 0 Å². The monoisotopic (exact) mass is 363 g/mol. The van der Waals surface area contributed by atoms with Crippen LogP contribution in [0.25, 0.3) is 0 Å². The molecule has 2 radical (unpaired) electrons. The second-order valence-electron chi connectivity index (χ2n) is 0. The van der Waals surface area contributed by atoms with Gasteiger partial charge in [0.1, 0.15) is 0 Å². The Kier molecular flexibility index (Phi) is 122. The fourth-order valence-corrected chi connectivity index (χ4v) is 0. The summed E-state index contributed by atoms with van der Waals surface area (Å²) in [7, 11) is 0. The summed E-state index contributed by atoms with van der Waals surface area (Å²) in [6.07, 6.45) is 0. The third-order valence-electron chi connectivity index (χ3n) is 0. The van der Waals surface area contributed by atoms with Gasteiger partial charge in [-0.2, -0.15) is 0 Å². The molecular weight excluding hydrogens is 361 g/mol. The molecule has 0 aliphatic heterocycles. The quantitative estimate of drug-likeness (QED) is 0.503. The van der Waals surface area contributed by atoms with Crippen LogP contribution in [0, 0.1) is 35.6 Å². The fourth-order valence-electron chi connectivity index (χ4n) is 0. The summed E-state index contributed by atoms with van der Waals surface area (Å²) in [4.78, 5) is 0. The zero-order valence-corrected chi connectivity index (χ0v) is 7.41. The van der Waals surface area contributed by atoms with Crippen LogP contribution < -0.4 is 0 Å². The third kappa shape index (κ3) is 18.5. The first kappa shape index (κ1) is 23.6. The molecule has 0 saturated carbocycles. The molecular formula is H2CuLaMnOSr. The first-order valence-electron chi connectivity index (χ1n) is 0.123. The van der Waals surface area contributed by atoms with E-state index < -0.39 is 0 Å². The molecule has 5 heteroatoms. The van der Waals surface area contributed by atoms with E-state index in [1.54, 1.807) is 0 Å². The zero-order chi connectivity index (χ0) is 2.00. The summed E-state index contributed by atoms with van der Waals surface area (Å²) < 4.78 is 7.81. The molecule has 31 valence electrons. The summed E-state index contributed by atoms with van der Waals surface area (Å²) in [6, 6.07) is 0. The van der Waals surface area contributed by atoms with Crippen molar-refractivity contribution in [3.8, 4) is 0 Å². The third-order valence-corrected chi connectivity index (χ3v) is 0. The molecule has 5 heavy (non-hydrogen) atoms. The minimum absolute atomic E-state index is 0. The fraction of sp³-hybridized carbons (Fsp3) is 0. The van der Waals surface area contributed by atoms with Gasteiger partial charge in [-0.05, 0) is 0 Å². The van der Waals surface area contributed by atoms with Crippen LogP contribution in [-0.4, -0.2) is 45.5 Å². The van der Waals surface area contributed by atoms with Crippen molar-refractivity contribution in [1.29, 1.82) is 0 Å². The summed E-state index contributed by atoms with van der Waals surface area (Å²) >= 11 is 2.94. The van der Waals surface area contributed by atoms with Gasteiger partial charge in [0.15, 0.2) is 0 Å². The van der Waals surface area contributed by atoms with Crippen LogP contribution in [0.1, 0.15) is 0 Å². The Bertz CT molecular complexity index is 11.6. The molecule has 0 spiro atoms. The Labute approximate surface area is 115 Å². The molecule has 1 nitrogen and oxygen atoms in total. The molecule has 0 fully saturated rings. The molecule has 0 rings (SSSR count). The molecule has 0 aliphatic carbocycles. The van der Waals surface area contributed by atoms with Crippen LogP contribution in [-0.2, 0) is 36.8 Å². The average molecular weight is 363 g/mol. The van der Waals surface area contributed by atoms with E-state index in [1.807, 2.05) is 0 Å². The first-order valence-corrected chi connectivity index (χ1v) is 0.508. The molecule has 0 N–H and O–H groups in total. The standard InChI is InChI=1S/Cu.La.Mn.O.Sr.2H. The van der Waals surface area contributed by atoms with Crippen molar-refractivity contribution in [3.05, 3.63) is 0 Å². The number of hydrogen-bond acceptors (Lipinski definition) is 1. The molecule has 0 aromatic rings. The van der Waals surface area contributed by atoms with Gasteiger partial charge in [0, 0.05) is 52.7 Å². The molecule has 0 heterocycles. The molecule has 0 saturated heterocycles. The Morgan fingerprint density at radius 3 is 1.20 bits per heavy atom. The van der Waals surface area contributed by atoms with Gasteiger partial charge >= 0.3 is 65.3 Å². The van der Waals surface area contributed by atoms with E-state index in [1.165, 1.54) is 0 Å². The van der Waals surface area contributed by atoms with Crippen molar-refractivity contribution >= 4 is 45.5 Å². The normalized spacial score (nSPS) is 1.20. The van der Waals surface area contributed by atoms with Gasteiger partial charge in [-0.15, -0.1) is 0 Å². The van der Waals surface area contributed by atoms with E-state index in [4.69, 9.17) is 3.83 Å². The van der Waals surface area contributed by atoms with Crippen LogP contribution in [0.4, 0.5) is 0 Å². The van der Waals surface area contributed by atoms with Crippen LogP contribution in [0.2, 0.25) is 0 Å². The summed E-state index contributed by atoms with van der Waals surface area (Å²) in [5.74, 6) is 0. The Morgan fingerprint density at radius 2 is 1.20 bits per heavy atom. The van der Waals surface area contributed by atoms with Crippen molar-refractivity contribution in [3.63, 3.8) is 0 Å². The zero-order valence-electron chi connectivity index (χ0n) is 1.67. The Hall–Kier alpha value is 3.51. The van der Waals surface area contributed by atoms with E-state index in [-0.39, 0.29) is 98.1 Å². The Balaban J connectivity index is -0.00000000167. The maximum atomic E-state index is 7.81. The molecule has 0 amide bonds. The topological polar surface area (TPSA) is 17.1 Å². The van der Waals surface area contributed by atoms with Crippen molar-refractivity contribution in [2.24, 2.45) is 0 Å². The second kappa shape index (κ2) is 25.8. The Morgan fingerprint density at radius 1 is 1.20 bits per heavy atom. The van der Waals surface area contributed by atoms with Gasteiger partial charge in [-0.25, -0.2) is 0 Å². The molecule has 0 aromatic heterocycles.